The lowest BCUT2D eigenvalue weighted by Crippen LogP contribution is -2.48. The predicted octanol–water partition coefficient (Wildman–Crippen LogP) is -0.825. The fourth-order valence-corrected chi connectivity index (χ4v) is 2.54. The molecule has 7 heteroatoms. The minimum absolute atomic E-state index is 0.00550. The van der Waals surface area contributed by atoms with E-state index in [4.69, 9.17) is 0 Å². The molecule has 0 aromatic carbocycles. The standard InChI is InChI=1S/C15H22N4O3/c1-16-13(20)10-18-8-5-12(6-9-18)17-14(21)11-19-7-3-2-4-15(19)22/h2-4,7,12H,5-6,8-11H2,1H3,(H,16,20)(H,17,21). The second kappa shape index (κ2) is 7.74. The Balaban J connectivity index is 1.76. The van der Waals surface area contributed by atoms with Crippen LogP contribution in [0.2, 0.25) is 0 Å². The Hall–Kier alpha value is -2.15. The van der Waals surface area contributed by atoms with Crippen LogP contribution in [0.3, 0.4) is 0 Å². The van der Waals surface area contributed by atoms with Gasteiger partial charge in [-0.3, -0.25) is 19.3 Å². The van der Waals surface area contributed by atoms with Crippen molar-refractivity contribution in [2.45, 2.75) is 25.4 Å². The van der Waals surface area contributed by atoms with Gasteiger partial charge in [0.25, 0.3) is 5.56 Å². The van der Waals surface area contributed by atoms with Gasteiger partial charge in [0.15, 0.2) is 0 Å². The topological polar surface area (TPSA) is 83.4 Å². The maximum absolute atomic E-state index is 12.0. The Morgan fingerprint density at radius 1 is 1.18 bits per heavy atom. The van der Waals surface area contributed by atoms with Gasteiger partial charge in [-0.2, -0.15) is 0 Å². The number of aromatic nitrogens is 1. The van der Waals surface area contributed by atoms with Crippen LogP contribution in [0.1, 0.15) is 12.8 Å². The molecule has 0 saturated carbocycles. The normalized spacial score (nSPS) is 16.2. The number of amides is 2. The van der Waals surface area contributed by atoms with Crippen molar-refractivity contribution in [2.75, 3.05) is 26.7 Å². The highest BCUT2D eigenvalue weighted by Gasteiger charge is 2.21. The summed E-state index contributed by atoms with van der Waals surface area (Å²) >= 11 is 0. The summed E-state index contributed by atoms with van der Waals surface area (Å²) in [5.41, 5.74) is -0.182. The zero-order valence-electron chi connectivity index (χ0n) is 12.7. The summed E-state index contributed by atoms with van der Waals surface area (Å²) < 4.78 is 1.38. The zero-order chi connectivity index (χ0) is 15.9. The molecule has 0 atom stereocenters. The Labute approximate surface area is 129 Å². The molecule has 7 nitrogen and oxygen atoms in total. The first-order valence-corrected chi connectivity index (χ1v) is 7.46. The third-order valence-electron chi connectivity index (χ3n) is 3.81. The highest BCUT2D eigenvalue weighted by Crippen LogP contribution is 2.09. The number of carbonyl (C=O) groups is 2. The lowest BCUT2D eigenvalue weighted by Gasteiger charge is -2.31. The Kier molecular flexibility index (Phi) is 5.71. The lowest BCUT2D eigenvalue weighted by atomic mass is 10.1. The van der Waals surface area contributed by atoms with Gasteiger partial charge in [0.1, 0.15) is 6.54 Å². The van der Waals surface area contributed by atoms with Gasteiger partial charge in [-0.1, -0.05) is 6.07 Å². The molecule has 0 unspecified atom stereocenters. The van der Waals surface area contributed by atoms with Gasteiger partial charge in [0, 0.05) is 38.4 Å². The summed E-state index contributed by atoms with van der Waals surface area (Å²) in [5, 5.41) is 5.56. The maximum atomic E-state index is 12.0. The summed E-state index contributed by atoms with van der Waals surface area (Å²) in [5.74, 6) is -0.149. The highest BCUT2D eigenvalue weighted by molar-refractivity contribution is 5.77. The number of hydrogen-bond acceptors (Lipinski definition) is 4. The summed E-state index contributed by atoms with van der Waals surface area (Å²) in [6.07, 6.45) is 3.23. The second-order valence-corrected chi connectivity index (χ2v) is 5.46. The van der Waals surface area contributed by atoms with E-state index in [0.717, 1.165) is 25.9 Å². The van der Waals surface area contributed by atoms with E-state index in [1.165, 1.54) is 10.6 Å². The van der Waals surface area contributed by atoms with E-state index in [-0.39, 0.29) is 30.0 Å². The predicted molar refractivity (Wildman–Crippen MR) is 82.4 cm³/mol. The van der Waals surface area contributed by atoms with Crippen molar-refractivity contribution in [1.82, 2.24) is 20.1 Å². The SMILES string of the molecule is CNC(=O)CN1CCC(NC(=O)Cn2ccccc2=O)CC1. The van der Waals surface area contributed by atoms with Crippen LogP contribution in [0.4, 0.5) is 0 Å². The van der Waals surface area contributed by atoms with E-state index in [1.54, 1.807) is 25.4 Å². The van der Waals surface area contributed by atoms with Crippen LogP contribution >= 0.6 is 0 Å². The minimum atomic E-state index is -0.182. The molecule has 0 spiro atoms. The molecular formula is C15H22N4O3. The molecule has 0 bridgehead atoms. The molecule has 2 N–H and O–H groups in total. The summed E-state index contributed by atoms with van der Waals surface area (Å²) in [7, 11) is 1.63. The van der Waals surface area contributed by atoms with Gasteiger partial charge in [-0.05, 0) is 18.9 Å². The van der Waals surface area contributed by atoms with Crippen molar-refractivity contribution >= 4 is 11.8 Å². The Morgan fingerprint density at radius 2 is 1.91 bits per heavy atom. The van der Waals surface area contributed by atoms with Crippen molar-refractivity contribution in [1.29, 1.82) is 0 Å². The summed E-state index contributed by atoms with van der Waals surface area (Å²) in [6.45, 7) is 2.00. The van der Waals surface area contributed by atoms with E-state index in [0.29, 0.717) is 6.54 Å². The molecule has 1 aliphatic rings. The van der Waals surface area contributed by atoms with Gasteiger partial charge in [0.05, 0.1) is 6.54 Å². The van der Waals surface area contributed by atoms with Gasteiger partial charge in [-0.15, -0.1) is 0 Å². The molecule has 1 saturated heterocycles. The number of hydrogen-bond donors (Lipinski definition) is 2. The largest absolute Gasteiger partial charge is 0.358 e. The number of nitrogens with zero attached hydrogens (tertiary/aromatic N) is 2. The fraction of sp³-hybridized carbons (Fsp3) is 0.533. The first-order valence-electron chi connectivity index (χ1n) is 7.46. The first-order chi connectivity index (χ1) is 10.6. The Morgan fingerprint density at radius 3 is 2.55 bits per heavy atom. The van der Waals surface area contributed by atoms with Crippen LogP contribution in [-0.2, 0) is 16.1 Å². The maximum Gasteiger partial charge on any atom is 0.250 e. The average Bonchev–Trinajstić information content (AvgIpc) is 2.51. The van der Waals surface area contributed by atoms with Crippen molar-refractivity contribution in [2.24, 2.45) is 0 Å². The highest BCUT2D eigenvalue weighted by atomic mass is 16.2. The number of rotatable bonds is 5. The molecule has 2 heterocycles. The average molecular weight is 306 g/mol. The second-order valence-electron chi connectivity index (χ2n) is 5.46. The van der Waals surface area contributed by atoms with E-state index >= 15 is 0 Å². The quantitative estimate of drug-likeness (QED) is 0.744. The third-order valence-corrected chi connectivity index (χ3v) is 3.81. The van der Waals surface area contributed by atoms with Crippen LogP contribution in [0.5, 0.6) is 0 Å². The molecule has 22 heavy (non-hydrogen) atoms. The molecule has 2 amide bonds. The molecular weight excluding hydrogens is 284 g/mol. The molecule has 1 aromatic heterocycles. The van der Waals surface area contributed by atoms with Crippen LogP contribution in [0.25, 0.3) is 0 Å². The van der Waals surface area contributed by atoms with Crippen molar-refractivity contribution in [3.8, 4) is 0 Å². The van der Waals surface area contributed by atoms with Gasteiger partial charge >= 0.3 is 0 Å². The van der Waals surface area contributed by atoms with Gasteiger partial charge in [0.2, 0.25) is 11.8 Å². The van der Waals surface area contributed by atoms with E-state index < -0.39 is 0 Å². The van der Waals surface area contributed by atoms with E-state index in [2.05, 4.69) is 15.5 Å². The minimum Gasteiger partial charge on any atom is -0.358 e. The van der Waals surface area contributed by atoms with Crippen LogP contribution in [-0.4, -0.2) is 54.0 Å². The van der Waals surface area contributed by atoms with Crippen LogP contribution in [0.15, 0.2) is 29.2 Å². The summed E-state index contributed by atoms with van der Waals surface area (Å²) in [4.78, 5) is 36.9. The molecule has 2 rings (SSSR count). The number of likely N-dealkylation sites (N-methyl/N-ethyl adjacent to an activating group) is 1. The molecule has 1 fully saturated rings. The van der Waals surface area contributed by atoms with E-state index in [9.17, 15) is 14.4 Å². The third kappa shape index (κ3) is 4.70. The smallest absolute Gasteiger partial charge is 0.250 e. The van der Waals surface area contributed by atoms with Crippen LogP contribution < -0.4 is 16.2 Å². The van der Waals surface area contributed by atoms with E-state index in [1.807, 2.05) is 0 Å². The van der Waals surface area contributed by atoms with Crippen molar-refractivity contribution < 1.29 is 9.59 Å². The number of carbonyl (C=O) groups excluding carboxylic acids is 2. The Bertz CT molecular complexity index is 576. The van der Waals surface area contributed by atoms with Gasteiger partial charge < -0.3 is 15.2 Å². The number of piperidine rings is 1. The molecule has 0 aliphatic carbocycles. The lowest BCUT2D eigenvalue weighted by molar-refractivity contribution is -0.124. The molecule has 0 radical (unpaired) electrons. The monoisotopic (exact) mass is 306 g/mol. The zero-order valence-corrected chi connectivity index (χ0v) is 12.7. The number of likely N-dealkylation sites (tertiary alicyclic amines) is 1. The van der Waals surface area contributed by atoms with Crippen molar-refractivity contribution in [3.05, 3.63) is 34.7 Å². The van der Waals surface area contributed by atoms with Gasteiger partial charge in [-0.25, -0.2) is 0 Å². The van der Waals surface area contributed by atoms with Crippen molar-refractivity contribution in [3.63, 3.8) is 0 Å². The molecule has 1 aliphatic heterocycles. The molecule has 1 aromatic rings. The first kappa shape index (κ1) is 16.2. The molecule has 120 valence electrons. The number of nitrogens with one attached hydrogen (secondary N) is 2. The number of pyridine rings is 1. The fourth-order valence-electron chi connectivity index (χ4n) is 2.54. The van der Waals surface area contributed by atoms with Crippen LogP contribution in [0, 0.1) is 0 Å². The summed E-state index contributed by atoms with van der Waals surface area (Å²) in [6, 6.07) is 4.92.